The van der Waals surface area contributed by atoms with Gasteiger partial charge in [0.1, 0.15) is 5.82 Å². The molecule has 1 aliphatic heterocycles. The van der Waals surface area contributed by atoms with Crippen LogP contribution in [-0.4, -0.2) is 45.8 Å². The molecule has 2 heterocycles. The lowest BCUT2D eigenvalue weighted by Crippen LogP contribution is -2.56. The van der Waals surface area contributed by atoms with Gasteiger partial charge in [-0.1, -0.05) is 51.1 Å². The molecule has 0 aliphatic carbocycles. The van der Waals surface area contributed by atoms with E-state index in [9.17, 15) is 4.79 Å². The van der Waals surface area contributed by atoms with Crippen molar-refractivity contribution in [3.8, 4) is 0 Å². The molecule has 0 spiro atoms. The molecule has 0 bridgehead atoms. The highest BCUT2D eigenvalue weighted by atomic mass is 32.1. The molecule has 1 amide bonds. The quantitative estimate of drug-likeness (QED) is 0.845. The van der Waals surface area contributed by atoms with Crippen molar-refractivity contribution in [2.45, 2.75) is 40.2 Å². The predicted molar refractivity (Wildman–Crippen MR) is 102 cm³/mol. The third-order valence-corrected chi connectivity index (χ3v) is 5.28. The van der Waals surface area contributed by atoms with Gasteiger partial charge in [-0.05, 0) is 12.5 Å². The van der Waals surface area contributed by atoms with E-state index in [-0.39, 0.29) is 17.4 Å². The first-order valence-electron chi connectivity index (χ1n) is 8.77. The fourth-order valence-corrected chi connectivity index (χ4v) is 3.81. The van der Waals surface area contributed by atoms with Gasteiger partial charge in [-0.25, -0.2) is 4.98 Å². The summed E-state index contributed by atoms with van der Waals surface area (Å²) in [4.78, 5) is 21.5. The number of aromatic nitrogens is 2. The molecule has 0 radical (unpaired) electrons. The fourth-order valence-electron chi connectivity index (χ4n) is 3.09. The fraction of sp³-hybridized carbons (Fsp3) is 0.526. The molecule has 1 fully saturated rings. The van der Waals surface area contributed by atoms with Crippen molar-refractivity contribution in [3.05, 3.63) is 41.7 Å². The highest BCUT2D eigenvalue weighted by Gasteiger charge is 2.34. The van der Waals surface area contributed by atoms with E-state index in [1.54, 1.807) is 0 Å². The van der Waals surface area contributed by atoms with Crippen molar-refractivity contribution in [1.82, 2.24) is 14.3 Å². The van der Waals surface area contributed by atoms with Crippen molar-refractivity contribution in [1.29, 1.82) is 0 Å². The standard InChI is InChI=1S/C19H26N4OS/c1-14-13-22(10-11-23(14)17(24)19(2,3)4)18-20-16(21-25-18)12-15-8-6-5-7-9-15/h5-9,14H,10-13H2,1-4H3/t14-/m0/s1. The van der Waals surface area contributed by atoms with Crippen molar-refractivity contribution in [2.24, 2.45) is 5.41 Å². The predicted octanol–water partition coefficient (Wildman–Crippen LogP) is 3.21. The van der Waals surface area contributed by atoms with Crippen LogP contribution in [0.4, 0.5) is 5.13 Å². The maximum atomic E-state index is 12.6. The third kappa shape index (κ3) is 4.18. The molecule has 3 rings (SSSR count). The molecule has 5 nitrogen and oxygen atoms in total. The largest absolute Gasteiger partial charge is 0.343 e. The summed E-state index contributed by atoms with van der Waals surface area (Å²) in [5.41, 5.74) is 0.892. The zero-order valence-corrected chi connectivity index (χ0v) is 16.2. The van der Waals surface area contributed by atoms with Crippen LogP contribution in [0.3, 0.4) is 0 Å². The SMILES string of the molecule is C[C@H]1CN(c2nc(Cc3ccccc3)ns2)CCN1C(=O)C(C)(C)C. The van der Waals surface area contributed by atoms with Gasteiger partial charge in [0.15, 0.2) is 0 Å². The van der Waals surface area contributed by atoms with E-state index < -0.39 is 0 Å². The Labute approximate surface area is 153 Å². The van der Waals surface area contributed by atoms with Crippen molar-refractivity contribution < 1.29 is 4.79 Å². The van der Waals surface area contributed by atoms with E-state index in [1.165, 1.54) is 17.1 Å². The average Bonchev–Trinajstić information content (AvgIpc) is 3.03. The maximum Gasteiger partial charge on any atom is 0.228 e. The minimum Gasteiger partial charge on any atom is -0.343 e. The molecule has 0 N–H and O–H groups in total. The van der Waals surface area contributed by atoms with E-state index in [0.29, 0.717) is 0 Å². The minimum absolute atomic E-state index is 0.182. The molecule has 1 aromatic carbocycles. The topological polar surface area (TPSA) is 49.3 Å². The minimum atomic E-state index is -0.331. The second kappa shape index (κ2) is 7.12. The number of anilines is 1. The number of carbonyl (C=O) groups is 1. The summed E-state index contributed by atoms with van der Waals surface area (Å²) in [5, 5.41) is 0.959. The van der Waals surface area contributed by atoms with Gasteiger partial charge in [0, 0.05) is 49.0 Å². The van der Waals surface area contributed by atoms with Gasteiger partial charge in [0.05, 0.1) is 0 Å². The van der Waals surface area contributed by atoms with Gasteiger partial charge in [0.25, 0.3) is 0 Å². The van der Waals surface area contributed by atoms with E-state index in [4.69, 9.17) is 4.98 Å². The number of nitrogens with zero attached hydrogens (tertiary/aromatic N) is 4. The molecular formula is C19H26N4OS. The molecular weight excluding hydrogens is 332 g/mol. The first-order valence-corrected chi connectivity index (χ1v) is 9.54. The van der Waals surface area contributed by atoms with Gasteiger partial charge >= 0.3 is 0 Å². The zero-order valence-electron chi connectivity index (χ0n) is 15.4. The van der Waals surface area contributed by atoms with Crippen LogP contribution in [0.15, 0.2) is 30.3 Å². The number of amides is 1. The summed E-state index contributed by atoms with van der Waals surface area (Å²) < 4.78 is 4.51. The smallest absolute Gasteiger partial charge is 0.228 e. The van der Waals surface area contributed by atoms with Crippen LogP contribution in [0.25, 0.3) is 0 Å². The van der Waals surface area contributed by atoms with Gasteiger partial charge in [0.2, 0.25) is 11.0 Å². The Balaban J connectivity index is 1.64. The lowest BCUT2D eigenvalue weighted by Gasteiger charge is -2.42. The normalized spacial score (nSPS) is 18.5. The summed E-state index contributed by atoms with van der Waals surface area (Å²) in [6, 6.07) is 10.5. The summed E-state index contributed by atoms with van der Waals surface area (Å²) >= 11 is 1.45. The Morgan fingerprint density at radius 2 is 1.96 bits per heavy atom. The van der Waals surface area contributed by atoms with Gasteiger partial charge in [-0.2, -0.15) is 4.37 Å². The van der Waals surface area contributed by atoms with E-state index in [0.717, 1.165) is 37.0 Å². The first kappa shape index (κ1) is 17.9. The van der Waals surface area contributed by atoms with Gasteiger partial charge in [-0.15, -0.1) is 0 Å². The number of piperazine rings is 1. The summed E-state index contributed by atoms with van der Waals surface area (Å²) in [6.45, 7) is 10.4. The van der Waals surface area contributed by atoms with Gasteiger partial charge in [-0.3, -0.25) is 4.79 Å². The summed E-state index contributed by atoms with van der Waals surface area (Å²) in [5.74, 6) is 1.09. The molecule has 1 aliphatic rings. The molecule has 0 unspecified atom stereocenters. The molecule has 1 atom stereocenters. The average molecular weight is 359 g/mol. The van der Waals surface area contributed by atoms with Gasteiger partial charge < -0.3 is 9.80 Å². The second-order valence-corrected chi connectivity index (χ2v) is 8.43. The number of benzene rings is 1. The molecule has 0 saturated carbocycles. The molecule has 1 aromatic heterocycles. The van der Waals surface area contributed by atoms with Crippen molar-refractivity contribution in [2.75, 3.05) is 24.5 Å². The van der Waals surface area contributed by atoms with Crippen molar-refractivity contribution >= 4 is 22.6 Å². The van der Waals surface area contributed by atoms with Crippen LogP contribution in [0.5, 0.6) is 0 Å². The Morgan fingerprint density at radius 1 is 1.24 bits per heavy atom. The van der Waals surface area contributed by atoms with E-state index >= 15 is 0 Å². The number of hydrogen-bond donors (Lipinski definition) is 0. The summed E-state index contributed by atoms with van der Waals surface area (Å²) in [6.07, 6.45) is 0.759. The highest BCUT2D eigenvalue weighted by Crippen LogP contribution is 2.25. The van der Waals surface area contributed by atoms with Crippen LogP contribution in [0.2, 0.25) is 0 Å². The monoisotopic (exact) mass is 358 g/mol. The van der Waals surface area contributed by atoms with Crippen LogP contribution < -0.4 is 4.90 Å². The Bertz CT molecular complexity index is 723. The molecule has 2 aromatic rings. The Morgan fingerprint density at radius 3 is 2.60 bits per heavy atom. The van der Waals surface area contributed by atoms with Crippen LogP contribution in [0.1, 0.15) is 39.1 Å². The third-order valence-electron chi connectivity index (χ3n) is 4.46. The number of carbonyl (C=O) groups excluding carboxylic acids is 1. The van der Waals surface area contributed by atoms with Crippen LogP contribution in [-0.2, 0) is 11.2 Å². The van der Waals surface area contributed by atoms with Crippen molar-refractivity contribution in [3.63, 3.8) is 0 Å². The molecule has 1 saturated heterocycles. The highest BCUT2D eigenvalue weighted by molar-refractivity contribution is 7.09. The van der Waals surface area contributed by atoms with Crippen LogP contribution in [0, 0.1) is 5.41 Å². The van der Waals surface area contributed by atoms with E-state index in [1.807, 2.05) is 43.9 Å². The lowest BCUT2D eigenvalue weighted by atomic mass is 9.93. The summed E-state index contributed by atoms with van der Waals surface area (Å²) in [7, 11) is 0. The second-order valence-electron chi connectivity index (χ2n) is 7.70. The number of rotatable bonds is 3. The van der Waals surface area contributed by atoms with E-state index in [2.05, 4.69) is 28.3 Å². The molecule has 134 valence electrons. The zero-order chi connectivity index (χ0) is 18.0. The van der Waals surface area contributed by atoms with Crippen LogP contribution >= 0.6 is 11.5 Å². The Kier molecular flexibility index (Phi) is 5.08. The Hall–Kier alpha value is -1.95. The first-order chi connectivity index (χ1) is 11.8. The number of hydrogen-bond acceptors (Lipinski definition) is 5. The maximum absolute atomic E-state index is 12.6. The molecule has 25 heavy (non-hydrogen) atoms. The molecule has 6 heteroatoms. The lowest BCUT2D eigenvalue weighted by molar-refractivity contribution is -0.142.